The number of nitrogens with zero attached hydrogens (tertiary/aromatic N) is 4. The molecule has 0 saturated heterocycles. The minimum absolute atomic E-state index is 0.0647. The van der Waals surface area contributed by atoms with Crippen LogP contribution in [0.25, 0.3) is 11.8 Å². The second-order valence-electron chi connectivity index (χ2n) is 7.47. The third-order valence-electron chi connectivity index (χ3n) is 5.45. The molecule has 1 N–H and O–H groups in total. The topological polar surface area (TPSA) is 108 Å². The van der Waals surface area contributed by atoms with Crippen molar-refractivity contribution in [1.82, 2.24) is 9.58 Å². The van der Waals surface area contributed by atoms with Crippen LogP contribution in [0.5, 0.6) is 0 Å². The van der Waals surface area contributed by atoms with Crippen molar-refractivity contribution >= 4 is 49.0 Å². The number of hydrogen-bond donors (Lipinski definition) is 1. The number of amidine groups is 2. The number of carbonyl (C=O) groups is 1. The van der Waals surface area contributed by atoms with Crippen LogP contribution in [0.2, 0.25) is 0 Å². The van der Waals surface area contributed by atoms with Crippen LogP contribution < -0.4 is 0 Å². The summed E-state index contributed by atoms with van der Waals surface area (Å²) in [6, 6.07) is 10.3. The Morgan fingerprint density at radius 2 is 1.84 bits per heavy atom. The van der Waals surface area contributed by atoms with E-state index in [1.165, 1.54) is 12.5 Å². The van der Waals surface area contributed by atoms with E-state index in [1.54, 1.807) is 6.08 Å². The van der Waals surface area contributed by atoms with Crippen molar-refractivity contribution in [2.45, 2.75) is 34.1 Å². The van der Waals surface area contributed by atoms with Gasteiger partial charge in [0.1, 0.15) is 0 Å². The summed E-state index contributed by atoms with van der Waals surface area (Å²) in [5.41, 5.74) is 5.02. The molecule has 0 spiro atoms. The van der Waals surface area contributed by atoms with Crippen LogP contribution in [0.4, 0.5) is 0 Å². The highest BCUT2D eigenvalue weighted by Crippen LogP contribution is 2.31. The zero-order chi connectivity index (χ0) is 23.2. The number of rotatable bonds is 4. The molecule has 0 radical (unpaired) electrons. The number of nitrogens with one attached hydrogen (secondary N) is 1. The van der Waals surface area contributed by atoms with Crippen LogP contribution in [0.3, 0.4) is 0 Å². The average molecular weight is 470 g/mol. The molecule has 0 aliphatic carbocycles. The molecule has 0 atom stereocenters. The molecule has 4 rings (SSSR count). The molecule has 1 aromatic carbocycles. The summed E-state index contributed by atoms with van der Waals surface area (Å²) >= 11 is 0.797. The molecule has 1 amide bonds. The van der Waals surface area contributed by atoms with E-state index in [4.69, 9.17) is 5.41 Å². The highest BCUT2D eigenvalue weighted by atomic mass is 32.3. The Bertz CT molecular complexity index is 1330. The standard InChI is InChI=1S/C22H23N5O3S2/c1-5-15-7-9-17(10-8-15)26-13(3)11-16(14(26)4)12-18-19(23)27-21(24-20(18)28)31-22(25-27)32(29,30)6-2/h7-12,23H,5-6H2,1-4H3/b18-12+,23-19?. The third-order valence-corrected chi connectivity index (χ3v) is 8.54. The van der Waals surface area contributed by atoms with Crippen molar-refractivity contribution < 1.29 is 13.2 Å². The fourth-order valence-electron chi connectivity index (χ4n) is 3.59. The third kappa shape index (κ3) is 3.73. The number of thioether (sulfide) groups is 1. The van der Waals surface area contributed by atoms with E-state index in [2.05, 4.69) is 45.9 Å². The van der Waals surface area contributed by atoms with Crippen LogP contribution in [0, 0.1) is 19.3 Å². The van der Waals surface area contributed by atoms with Gasteiger partial charge in [0.25, 0.3) is 5.91 Å². The Kier molecular flexibility index (Phi) is 5.68. The van der Waals surface area contributed by atoms with Gasteiger partial charge in [-0.1, -0.05) is 26.0 Å². The Labute approximate surface area is 191 Å². The lowest BCUT2D eigenvalue weighted by Crippen LogP contribution is -2.35. The number of aromatic nitrogens is 1. The SMILES string of the molecule is CCc1ccc(-n2c(C)cc(/C=C3\C(=N)N4N=C(S(=O)(=O)CC)SC4=NC3=O)c2C)cc1. The largest absolute Gasteiger partial charge is 0.318 e. The molecule has 2 aromatic rings. The first-order valence-electron chi connectivity index (χ1n) is 10.2. The maximum atomic E-state index is 12.7. The minimum Gasteiger partial charge on any atom is -0.318 e. The summed E-state index contributed by atoms with van der Waals surface area (Å²) in [5, 5.41) is 13.7. The van der Waals surface area contributed by atoms with E-state index in [0.717, 1.165) is 45.8 Å². The lowest BCUT2D eigenvalue weighted by molar-refractivity contribution is -0.114. The van der Waals surface area contributed by atoms with Crippen LogP contribution in [0.15, 0.2) is 46.0 Å². The molecular weight excluding hydrogens is 446 g/mol. The van der Waals surface area contributed by atoms with Crippen molar-refractivity contribution in [1.29, 1.82) is 5.41 Å². The number of carbonyl (C=O) groups excluding carboxylic acids is 1. The van der Waals surface area contributed by atoms with Gasteiger partial charge in [-0.05, 0) is 67.4 Å². The van der Waals surface area contributed by atoms with Crippen molar-refractivity contribution in [3.05, 3.63) is 58.4 Å². The summed E-state index contributed by atoms with van der Waals surface area (Å²) in [4.78, 5) is 16.7. The molecule has 166 valence electrons. The molecule has 2 aliphatic heterocycles. The number of aliphatic imine (C=N–C) groups is 1. The second-order valence-corrected chi connectivity index (χ2v) is 10.9. The zero-order valence-electron chi connectivity index (χ0n) is 18.2. The minimum atomic E-state index is -3.56. The molecule has 0 unspecified atom stereocenters. The van der Waals surface area contributed by atoms with Gasteiger partial charge in [0, 0.05) is 17.1 Å². The highest BCUT2D eigenvalue weighted by Gasteiger charge is 2.39. The normalized spacial score (nSPS) is 17.6. The van der Waals surface area contributed by atoms with Gasteiger partial charge in [-0.2, -0.15) is 10.0 Å². The molecule has 10 heteroatoms. The Hall–Kier alpha value is -2.98. The Morgan fingerprint density at radius 3 is 2.47 bits per heavy atom. The van der Waals surface area contributed by atoms with Gasteiger partial charge in [0.15, 0.2) is 5.84 Å². The molecule has 3 heterocycles. The van der Waals surface area contributed by atoms with Gasteiger partial charge in [-0.3, -0.25) is 10.2 Å². The first-order valence-corrected chi connectivity index (χ1v) is 12.6. The van der Waals surface area contributed by atoms with Gasteiger partial charge in [-0.15, -0.1) is 5.10 Å². The maximum Gasteiger partial charge on any atom is 0.283 e. The fraction of sp³-hybridized carbons (Fsp3) is 0.273. The van der Waals surface area contributed by atoms with Crippen molar-refractivity contribution in [2.75, 3.05) is 5.75 Å². The van der Waals surface area contributed by atoms with Gasteiger partial charge in [0.2, 0.25) is 19.4 Å². The number of fused-ring (bicyclic) bond motifs is 1. The van der Waals surface area contributed by atoms with Gasteiger partial charge in [0.05, 0.1) is 11.3 Å². The summed E-state index contributed by atoms with van der Waals surface area (Å²) in [7, 11) is -3.56. The first kappa shape index (κ1) is 22.2. The van der Waals surface area contributed by atoms with Crippen molar-refractivity contribution in [3.8, 4) is 5.69 Å². The van der Waals surface area contributed by atoms with Crippen LogP contribution in [-0.4, -0.2) is 45.0 Å². The number of hydrazone groups is 1. The lowest BCUT2D eigenvalue weighted by Gasteiger charge is -2.20. The quantitative estimate of drug-likeness (QED) is 0.688. The average Bonchev–Trinajstić information content (AvgIpc) is 3.32. The second kappa shape index (κ2) is 8.18. The molecule has 8 nitrogen and oxygen atoms in total. The van der Waals surface area contributed by atoms with E-state index >= 15 is 0 Å². The van der Waals surface area contributed by atoms with Gasteiger partial charge in [-0.25, -0.2) is 8.42 Å². The molecule has 1 aromatic heterocycles. The lowest BCUT2D eigenvalue weighted by atomic mass is 10.1. The highest BCUT2D eigenvalue weighted by molar-refractivity contribution is 8.42. The van der Waals surface area contributed by atoms with E-state index in [9.17, 15) is 13.2 Å². The van der Waals surface area contributed by atoms with Crippen molar-refractivity contribution in [2.24, 2.45) is 10.1 Å². The van der Waals surface area contributed by atoms with E-state index in [0.29, 0.717) is 0 Å². The zero-order valence-corrected chi connectivity index (χ0v) is 19.8. The number of benzene rings is 1. The predicted octanol–water partition coefficient (Wildman–Crippen LogP) is 3.67. The summed E-state index contributed by atoms with van der Waals surface area (Å²) in [6.45, 7) is 7.56. The van der Waals surface area contributed by atoms with Crippen LogP contribution in [0.1, 0.15) is 36.4 Å². The number of sulfone groups is 1. The van der Waals surface area contributed by atoms with E-state index in [-0.39, 0.29) is 26.7 Å². The molecule has 32 heavy (non-hydrogen) atoms. The first-order chi connectivity index (χ1) is 15.2. The molecule has 0 bridgehead atoms. The fourth-order valence-corrected chi connectivity index (χ4v) is 5.75. The molecule has 2 aliphatic rings. The Balaban J connectivity index is 1.72. The summed E-state index contributed by atoms with van der Waals surface area (Å²) < 4.78 is 26.3. The maximum absolute atomic E-state index is 12.7. The molecule has 0 fully saturated rings. The predicted molar refractivity (Wildman–Crippen MR) is 129 cm³/mol. The van der Waals surface area contributed by atoms with E-state index in [1.807, 2.05) is 19.9 Å². The molecular formula is C22H23N5O3S2. The Morgan fingerprint density at radius 1 is 1.16 bits per heavy atom. The molecule has 0 saturated carbocycles. The van der Waals surface area contributed by atoms with Gasteiger partial charge >= 0.3 is 0 Å². The van der Waals surface area contributed by atoms with E-state index < -0.39 is 15.7 Å². The monoisotopic (exact) mass is 469 g/mol. The van der Waals surface area contributed by atoms with Crippen LogP contribution in [-0.2, 0) is 21.1 Å². The smallest absolute Gasteiger partial charge is 0.283 e. The number of aryl methyl sites for hydroxylation is 2. The number of amides is 1. The summed E-state index contributed by atoms with van der Waals surface area (Å²) in [5.74, 6) is -0.892. The van der Waals surface area contributed by atoms with Gasteiger partial charge < -0.3 is 4.57 Å². The van der Waals surface area contributed by atoms with Crippen molar-refractivity contribution in [3.63, 3.8) is 0 Å². The van der Waals surface area contributed by atoms with Crippen LogP contribution >= 0.6 is 11.8 Å². The summed E-state index contributed by atoms with van der Waals surface area (Å²) in [6.07, 6.45) is 2.59. The number of hydrogen-bond acceptors (Lipinski definition) is 6.